The lowest BCUT2D eigenvalue weighted by Crippen LogP contribution is -2.45. The van der Waals surface area contributed by atoms with Crippen molar-refractivity contribution < 1.29 is 27.9 Å². The van der Waals surface area contributed by atoms with Crippen molar-refractivity contribution in [1.29, 1.82) is 0 Å². The van der Waals surface area contributed by atoms with Crippen LogP contribution in [-0.4, -0.2) is 55.9 Å². The van der Waals surface area contributed by atoms with E-state index in [0.29, 0.717) is 0 Å². The minimum Gasteiger partial charge on any atom is -0.480 e. The number of carboxylic acid groups (broad SMARTS) is 1. The Morgan fingerprint density at radius 2 is 1.82 bits per heavy atom. The number of hydrogen-bond donors (Lipinski definition) is 3. The van der Waals surface area contributed by atoms with E-state index in [4.69, 9.17) is 5.11 Å². The number of rotatable bonds is 6. The molecular formula is C8H14N2O6S. The van der Waals surface area contributed by atoms with E-state index in [1.807, 2.05) is 5.32 Å². The largest absolute Gasteiger partial charge is 0.480 e. The molecule has 0 radical (unpaired) electrons. The predicted molar refractivity (Wildman–Crippen MR) is 58.0 cm³/mol. The first kappa shape index (κ1) is 15.4. The lowest BCUT2D eigenvalue weighted by molar-refractivity contribution is -0.140. The van der Waals surface area contributed by atoms with Crippen LogP contribution in [0.1, 0.15) is 6.92 Å². The van der Waals surface area contributed by atoms with Crippen molar-refractivity contribution in [3.05, 3.63) is 0 Å². The Balaban J connectivity index is 4.70. The molecule has 0 aliphatic rings. The Kier molecular flexibility index (Phi) is 5.59. The molecule has 0 aliphatic heterocycles. The first-order valence-corrected chi connectivity index (χ1v) is 6.41. The molecule has 98 valence electrons. The van der Waals surface area contributed by atoms with Gasteiger partial charge in [0, 0.05) is 14.0 Å². The third kappa shape index (κ3) is 6.51. The van der Waals surface area contributed by atoms with Crippen LogP contribution in [0.2, 0.25) is 0 Å². The molecule has 3 N–H and O–H groups in total. The average Bonchev–Trinajstić information content (AvgIpc) is 2.14. The average molecular weight is 266 g/mol. The summed E-state index contributed by atoms with van der Waals surface area (Å²) in [6.45, 7) is 1.07. The summed E-state index contributed by atoms with van der Waals surface area (Å²) in [6, 6.07) is -1.55. The minimum atomic E-state index is -3.89. The molecule has 1 atom stereocenters. The molecule has 0 spiro atoms. The van der Waals surface area contributed by atoms with E-state index in [9.17, 15) is 22.8 Å². The highest BCUT2D eigenvalue weighted by molar-refractivity contribution is 7.92. The summed E-state index contributed by atoms with van der Waals surface area (Å²) >= 11 is 0. The third-order valence-corrected chi connectivity index (χ3v) is 3.27. The molecule has 0 aromatic carbocycles. The number of nitrogens with one attached hydrogen (secondary N) is 2. The molecule has 9 heteroatoms. The molecule has 0 saturated heterocycles. The highest BCUT2D eigenvalue weighted by Gasteiger charge is 2.27. The zero-order chi connectivity index (χ0) is 13.6. The van der Waals surface area contributed by atoms with Gasteiger partial charge in [-0.05, 0) is 0 Å². The van der Waals surface area contributed by atoms with Crippen molar-refractivity contribution in [2.24, 2.45) is 0 Å². The number of aliphatic carboxylic acids is 1. The summed E-state index contributed by atoms with van der Waals surface area (Å²) < 4.78 is 22.8. The maximum atomic E-state index is 11.4. The lowest BCUT2D eigenvalue weighted by atomic mass is 10.3. The van der Waals surface area contributed by atoms with E-state index in [1.54, 1.807) is 0 Å². The quantitative estimate of drug-likeness (QED) is 0.497. The third-order valence-electron chi connectivity index (χ3n) is 1.73. The van der Waals surface area contributed by atoms with Crippen molar-refractivity contribution in [1.82, 2.24) is 10.6 Å². The van der Waals surface area contributed by atoms with Crippen molar-refractivity contribution in [3.63, 3.8) is 0 Å². The molecule has 17 heavy (non-hydrogen) atoms. The zero-order valence-corrected chi connectivity index (χ0v) is 10.2. The van der Waals surface area contributed by atoms with Crippen LogP contribution < -0.4 is 10.6 Å². The summed E-state index contributed by atoms with van der Waals surface area (Å²) in [5.74, 6) is -4.51. The fourth-order valence-electron chi connectivity index (χ4n) is 1.00. The monoisotopic (exact) mass is 266 g/mol. The van der Waals surface area contributed by atoms with Crippen LogP contribution >= 0.6 is 0 Å². The van der Waals surface area contributed by atoms with Crippen LogP contribution in [0.4, 0.5) is 0 Å². The highest BCUT2D eigenvalue weighted by atomic mass is 32.2. The second-order valence-electron chi connectivity index (χ2n) is 3.32. The Morgan fingerprint density at radius 1 is 1.29 bits per heavy atom. The maximum absolute atomic E-state index is 11.4. The van der Waals surface area contributed by atoms with Gasteiger partial charge in [-0.1, -0.05) is 0 Å². The van der Waals surface area contributed by atoms with Gasteiger partial charge in [0.25, 0.3) is 0 Å². The van der Waals surface area contributed by atoms with Gasteiger partial charge in [0.1, 0.15) is 11.8 Å². The molecule has 0 bridgehead atoms. The van der Waals surface area contributed by atoms with Gasteiger partial charge < -0.3 is 15.7 Å². The van der Waals surface area contributed by atoms with Gasteiger partial charge in [-0.25, -0.2) is 13.2 Å². The molecule has 0 aliphatic carbocycles. The van der Waals surface area contributed by atoms with Gasteiger partial charge in [0.2, 0.25) is 11.8 Å². The summed E-state index contributed by atoms with van der Waals surface area (Å²) in [5, 5.41) is 12.8. The van der Waals surface area contributed by atoms with Gasteiger partial charge in [-0.2, -0.15) is 0 Å². The molecule has 0 fully saturated rings. The molecule has 0 aromatic heterocycles. The molecule has 0 saturated carbocycles. The van der Waals surface area contributed by atoms with E-state index in [0.717, 1.165) is 6.92 Å². The molecule has 0 heterocycles. The summed E-state index contributed by atoms with van der Waals surface area (Å²) in [7, 11) is -2.63. The van der Waals surface area contributed by atoms with E-state index in [2.05, 4.69) is 5.32 Å². The number of carbonyl (C=O) groups is 3. The molecular weight excluding hydrogens is 252 g/mol. The summed E-state index contributed by atoms with van der Waals surface area (Å²) in [6.07, 6.45) is 0. The predicted octanol–water partition coefficient (Wildman–Crippen LogP) is -2.26. The minimum absolute atomic E-state index is 0.660. The van der Waals surface area contributed by atoms with E-state index in [-0.39, 0.29) is 0 Å². The summed E-state index contributed by atoms with van der Waals surface area (Å²) in [5.41, 5.74) is 0. The Bertz CT molecular complexity index is 416. The number of amides is 2. The van der Waals surface area contributed by atoms with Crippen molar-refractivity contribution in [2.45, 2.75) is 13.0 Å². The Morgan fingerprint density at radius 3 is 2.18 bits per heavy atom. The molecule has 2 amide bonds. The SMILES string of the molecule is CNC(=O)CS(=O)(=O)CC(NC(C)=O)C(=O)O. The first-order chi connectivity index (χ1) is 7.68. The summed E-state index contributed by atoms with van der Waals surface area (Å²) in [4.78, 5) is 32.2. The second-order valence-corrected chi connectivity index (χ2v) is 5.43. The van der Waals surface area contributed by atoms with Crippen LogP contribution in [0.3, 0.4) is 0 Å². The fraction of sp³-hybridized carbons (Fsp3) is 0.625. The van der Waals surface area contributed by atoms with Crippen molar-refractivity contribution in [2.75, 3.05) is 18.6 Å². The second kappa shape index (κ2) is 6.18. The number of carboxylic acids is 1. The Labute approximate surface area is 98.3 Å². The molecule has 8 nitrogen and oxygen atoms in total. The normalized spacial score (nSPS) is 12.6. The van der Waals surface area contributed by atoms with E-state index in [1.165, 1.54) is 7.05 Å². The van der Waals surface area contributed by atoms with Crippen molar-refractivity contribution >= 4 is 27.6 Å². The number of hydrogen-bond acceptors (Lipinski definition) is 5. The molecule has 0 rings (SSSR count). The van der Waals surface area contributed by atoms with Crippen LogP contribution in [0.15, 0.2) is 0 Å². The Hall–Kier alpha value is -1.64. The van der Waals surface area contributed by atoms with Crippen LogP contribution in [0.5, 0.6) is 0 Å². The van der Waals surface area contributed by atoms with Gasteiger partial charge in [0.15, 0.2) is 9.84 Å². The van der Waals surface area contributed by atoms with Crippen LogP contribution in [-0.2, 0) is 24.2 Å². The van der Waals surface area contributed by atoms with Gasteiger partial charge in [-0.3, -0.25) is 9.59 Å². The molecule has 1 unspecified atom stereocenters. The number of carbonyl (C=O) groups excluding carboxylic acids is 2. The molecule has 0 aromatic rings. The lowest BCUT2D eigenvalue weighted by Gasteiger charge is -2.12. The number of sulfone groups is 1. The van der Waals surface area contributed by atoms with E-state index < -0.39 is 45.2 Å². The van der Waals surface area contributed by atoms with Crippen LogP contribution in [0, 0.1) is 0 Å². The maximum Gasteiger partial charge on any atom is 0.327 e. The standard InChI is InChI=1S/C8H14N2O6S/c1-5(11)10-6(8(13)14)3-17(15,16)4-7(12)9-2/h6H,3-4H2,1-2H3,(H,9,12)(H,10,11)(H,13,14). The van der Waals surface area contributed by atoms with Gasteiger partial charge >= 0.3 is 5.97 Å². The van der Waals surface area contributed by atoms with Gasteiger partial charge in [0.05, 0.1) is 5.75 Å². The first-order valence-electron chi connectivity index (χ1n) is 4.59. The van der Waals surface area contributed by atoms with Crippen molar-refractivity contribution in [3.8, 4) is 0 Å². The smallest absolute Gasteiger partial charge is 0.327 e. The van der Waals surface area contributed by atoms with Crippen LogP contribution in [0.25, 0.3) is 0 Å². The zero-order valence-electron chi connectivity index (χ0n) is 9.39. The fourth-order valence-corrected chi connectivity index (χ4v) is 2.40. The van der Waals surface area contributed by atoms with E-state index >= 15 is 0 Å². The highest BCUT2D eigenvalue weighted by Crippen LogP contribution is 1.96. The van der Waals surface area contributed by atoms with Gasteiger partial charge in [-0.15, -0.1) is 0 Å². The topological polar surface area (TPSA) is 130 Å².